The second kappa shape index (κ2) is 4.41. The van der Waals surface area contributed by atoms with Crippen LogP contribution >= 0.6 is 0 Å². The molecule has 0 aliphatic heterocycles. The van der Waals surface area contributed by atoms with E-state index >= 15 is 0 Å². The average molecular weight is 242 g/mol. The highest BCUT2D eigenvalue weighted by atomic mass is 16.3. The fraction of sp³-hybridized carbons (Fsp3) is 0.0714. The van der Waals surface area contributed by atoms with Crippen molar-refractivity contribution < 1.29 is 9.90 Å². The molecule has 4 heteroatoms. The first-order valence-corrected chi connectivity index (χ1v) is 5.48. The number of aromatic hydroxyl groups is 1. The molecular weight excluding hydrogens is 228 g/mol. The Morgan fingerprint density at radius 3 is 2.50 bits per heavy atom. The van der Waals surface area contributed by atoms with Crippen molar-refractivity contribution in [3.63, 3.8) is 0 Å². The molecule has 2 aromatic carbocycles. The number of Topliss-reactive ketones (excluding diaryl/α,β-unsaturated/α-hetero) is 1. The van der Waals surface area contributed by atoms with E-state index in [-0.39, 0.29) is 17.1 Å². The van der Waals surface area contributed by atoms with Gasteiger partial charge in [0.15, 0.2) is 5.78 Å². The third kappa shape index (κ3) is 2.13. The Bertz CT molecular complexity index is 621. The number of anilines is 2. The molecule has 2 rings (SSSR count). The molecule has 0 unspecified atom stereocenters. The summed E-state index contributed by atoms with van der Waals surface area (Å²) in [6, 6.07) is 9.96. The van der Waals surface area contributed by atoms with Crippen LogP contribution in [0.4, 0.5) is 11.4 Å². The molecule has 5 N–H and O–H groups in total. The van der Waals surface area contributed by atoms with Gasteiger partial charge in [-0.15, -0.1) is 0 Å². The summed E-state index contributed by atoms with van der Waals surface area (Å²) in [5.74, 6) is -0.231. The number of phenols is 1. The van der Waals surface area contributed by atoms with Crippen molar-refractivity contribution in [3.8, 4) is 16.9 Å². The molecule has 4 nitrogen and oxygen atoms in total. The molecule has 18 heavy (non-hydrogen) atoms. The van der Waals surface area contributed by atoms with Gasteiger partial charge in [0.1, 0.15) is 5.75 Å². The van der Waals surface area contributed by atoms with E-state index < -0.39 is 0 Å². The fourth-order valence-corrected chi connectivity index (χ4v) is 1.81. The number of nitrogens with two attached hydrogens (primary N) is 2. The normalized spacial score (nSPS) is 10.3. The standard InChI is InChI=1S/C14H14N2O2/c1-8(17)11-6-9(2-5-14(11)18)12-7-10(15)3-4-13(12)16/h2-7,18H,15-16H2,1H3. The number of hydrogen-bond donors (Lipinski definition) is 3. The Hall–Kier alpha value is -2.49. The molecule has 92 valence electrons. The zero-order valence-corrected chi connectivity index (χ0v) is 9.97. The van der Waals surface area contributed by atoms with Crippen molar-refractivity contribution in [3.05, 3.63) is 42.0 Å². The lowest BCUT2D eigenvalue weighted by Gasteiger charge is -2.09. The molecule has 0 amide bonds. The number of nitrogen functional groups attached to an aromatic ring is 2. The molecule has 0 radical (unpaired) electrons. The van der Waals surface area contributed by atoms with Gasteiger partial charge in [-0.1, -0.05) is 6.07 Å². The lowest BCUT2D eigenvalue weighted by Crippen LogP contribution is -1.96. The number of ketones is 1. The molecule has 0 saturated heterocycles. The van der Waals surface area contributed by atoms with E-state index in [1.807, 2.05) is 0 Å². The van der Waals surface area contributed by atoms with Crippen LogP contribution in [0, 0.1) is 0 Å². The molecule has 0 aromatic heterocycles. The summed E-state index contributed by atoms with van der Waals surface area (Å²) in [5.41, 5.74) is 14.5. The predicted octanol–water partition coefficient (Wildman–Crippen LogP) is 2.43. The maximum Gasteiger partial charge on any atom is 0.163 e. The second-order valence-electron chi connectivity index (χ2n) is 4.13. The van der Waals surface area contributed by atoms with Gasteiger partial charge >= 0.3 is 0 Å². The molecule has 0 saturated carbocycles. The predicted molar refractivity (Wildman–Crippen MR) is 72.4 cm³/mol. The molecule has 0 aliphatic rings. The minimum absolute atomic E-state index is 0.0336. The summed E-state index contributed by atoms with van der Waals surface area (Å²) in [6.07, 6.45) is 0. The summed E-state index contributed by atoms with van der Waals surface area (Å²) < 4.78 is 0. The molecule has 0 bridgehead atoms. The number of benzene rings is 2. The van der Waals surface area contributed by atoms with E-state index in [1.54, 1.807) is 30.3 Å². The third-order valence-corrected chi connectivity index (χ3v) is 2.76. The SMILES string of the molecule is CC(=O)c1cc(-c2cc(N)ccc2N)ccc1O. The first-order chi connectivity index (χ1) is 8.49. The first kappa shape index (κ1) is 12.0. The van der Waals surface area contributed by atoms with E-state index in [0.717, 1.165) is 11.1 Å². The van der Waals surface area contributed by atoms with Crippen molar-refractivity contribution in [2.24, 2.45) is 0 Å². The van der Waals surface area contributed by atoms with E-state index in [1.165, 1.54) is 13.0 Å². The fourth-order valence-electron chi connectivity index (χ4n) is 1.81. The zero-order chi connectivity index (χ0) is 13.3. The van der Waals surface area contributed by atoms with Crippen LogP contribution in [0.2, 0.25) is 0 Å². The highest BCUT2D eigenvalue weighted by molar-refractivity contribution is 5.98. The van der Waals surface area contributed by atoms with Crippen molar-refractivity contribution in [1.29, 1.82) is 0 Å². The van der Waals surface area contributed by atoms with Crippen LogP contribution in [0.15, 0.2) is 36.4 Å². The third-order valence-electron chi connectivity index (χ3n) is 2.76. The van der Waals surface area contributed by atoms with Gasteiger partial charge in [-0.05, 0) is 42.8 Å². The Balaban J connectivity index is 2.61. The van der Waals surface area contributed by atoms with Crippen LogP contribution in [0.3, 0.4) is 0 Å². The summed E-state index contributed by atoms with van der Waals surface area (Å²) in [6.45, 7) is 1.40. The van der Waals surface area contributed by atoms with Gasteiger partial charge in [-0.2, -0.15) is 0 Å². The molecule has 0 fully saturated rings. The summed E-state index contributed by atoms with van der Waals surface area (Å²) in [4.78, 5) is 11.4. The van der Waals surface area contributed by atoms with Gasteiger partial charge in [-0.25, -0.2) is 0 Å². The summed E-state index contributed by atoms with van der Waals surface area (Å²) >= 11 is 0. The second-order valence-corrected chi connectivity index (χ2v) is 4.13. The Morgan fingerprint density at radius 1 is 1.11 bits per heavy atom. The van der Waals surface area contributed by atoms with Crippen LogP contribution in [0.1, 0.15) is 17.3 Å². The van der Waals surface area contributed by atoms with Crippen molar-refractivity contribution in [2.75, 3.05) is 11.5 Å². The number of hydrogen-bond acceptors (Lipinski definition) is 4. The Morgan fingerprint density at radius 2 is 1.83 bits per heavy atom. The Kier molecular flexibility index (Phi) is 2.93. The smallest absolute Gasteiger partial charge is 0.163 e. The number of rotatable bonds is 2. The molecule has 0 spiro atoms. The lowest BCUT2D eigenvalue weighted by molar-refractivity contribution is 0.101. The van der Waals surface area contributed by atoms with Gasteiger partial charge in [0.25, 0.3) is 0 Å². The van der Waals surface area contributed by atoms with Crippen LogP contribution in [-0.2, 0) is 0 Å². The largest absolute Gasteiger partial charge is 0.507 e. The van der Waals surface area contributed by atoms with Crippen LogP contribution in [0.5, 0.6) is 5.75 Å². The van der Waals surface area contributed by atoms with Gasteiger partial charge in [0, 0.05) is 16.9 Å². The van der Waals surface area contributed by atoms with Crippen molar-refractivity contribution in [2.45, 2.75) is 6.92 Å². The topological polar surface area (TPSA) is 89.3 Å². The van der Waals surface area contributed by atoms with Crippen molar-refractivity contribution >= 4 is 17.2 Å². The Labute approximate surface area is 105 Å². The summed E-state index contributed by atoms with van der Waals surface area (Å²) in [7, 11) is 0. The van der Waals surface area contributed by atoms with Crippen molar-refractivity contribution in [1.82, 2.24) is 0 Å². The van der Waals surface area contributed by atoms with E-state index in [2.05, 4.69) is 0 Å². The minimum Gasteiger partial charge on any atom is -0.507 e. The lowest BCUT2D eigenvalue weighted by atomic mass is 9.99. The quantitative estimate of drug-likeness (QED) is 0.557. The van der Waals surface area contributed by atoms with Crippen LogP contribution in [-0.4, -0.2) is 10.9 Å². The molecule has 0 aliphatic carbocycles. The number of carbonyl (C=O) groups excluding carboxylic acids is 1. The van der Waals surface area contributed by atoms with E-state index in [0.29, 0.717) is 11.4 Å². The minimum atomic E-state index is -0.197. The highest BCUT2D eigenvalue weighted by Crippen LogP contribution is 2.31. The molecule has 0 atom stereocenters. The first-order valence-electron chi connectivity index (χ1n) is 5.48. The summed E-state index contributed by atoms with van der Waals surface area (Å²) in [5, 5.41) is 9.60. The average Bonchev–Trinajstić information content (AvgIpc) is 2.33. The van der Waals surface area contributed by atoms with E-state index in [4.69, 9.17) is 11.5 Å². The maximum absolute atomic E-state index is 11.4. The number of carbonyl (C=O) groups is 1. The van der Waals surface area contributed by atoms with Crippen LogP contribution in [0.25, 0.3) is 11.1 Å². The van der Waals surface area contributed by atoms with Gasteiger partial charge in [-0.3, -0.25) is 4.79 Å². The van der Waals surface area contributed by atoms with Crippen LogP contribution < -0.4 is 11.5 Å². The molecule has 0 heterocycles. The van der Waals surface area contributed by atoms with Gasteiger partial charge in [0.05, 0.1) is 5.56 Å². The van der Waals surface area contributed by atoms with Gasteiger partial charge in [0.2, 0.25) is 0 Å². The highest BCUT2D eigenvalue weighted by Gasteiger charge is 2.10. The monoisotopic (exact) mass is 242 g/mol. The van der Waals surface area contributed by atoms with E-state index in [9.17, 15) is 9.90 Å². The maximum atomic E-state index is 11.4. The van der Waals surface area contributed by atoms with Gasteiger partial charge < -0.3 is 16.6 Å². The zero-order valence-electron chi connectivity index (χ0n) is 9.97. The number of phenolic OH excluding ortho intramolecular Hbond substituents is 1. The molecular formula is C14H14N2O2. The molecule has 2 aromatic rings.